The van der Waals surface area contributed by atoms with Gasteiger partial charge in [-0.05, 0) is 28.1 Å². The number of halogens is 1. The quantitative estimate of drug-likeness (QED) is 0.633. The van der Waals surface area contributed by atoms with Crippen molar-refractivity contribution in [3.05, 3.63) is 52.9 Å². The fourth-order valence-corrected chi connectivity index (χ4v) is 2.08. The van der Waals surface area contributed by atoms with Gasteiger partial charge in [0.15, 0.2) is 0 Å². The summed E-state index contributed by atoms with van der Waals surface area (Å²) in [5.74, 6) is -1.36. The van der Waals surface area contributed by atoms with E-state index in [1.165, 1.54) is 14.2 Å². The number of anilines is 1. The maximum atomic E-state index is 11.8. The fraction of sp³-hybridized carbons (Fsp3) is 0.133. The molecular formula is C15H14BrN3O4. The molecule has 0 saturated carbocycles. The Labute approximate surface area is 141 Å². The van der Waals surface area contributed by atoms with Gasteiger partial charge in [-0.1, -0.05) is 12.1 Å². The maximum absolute atomic E-state index is 11.8. The Morgan fingerprint density at radius 2 is 2.00 bits per heavy atom. The fourth-order valence-electron chi connectivity index (χ4n) is 1.79. The van der Waals surface area contributed by atoms with Crippen molar-refractivity contribution in [1.29, 1.82) is 0 Å². The van der Waals surface area contributed by atoms with E-state index in [-0.39, 0.29) is 5.70 Å². The highest BCUT2D eigenvalue weighted by atomic mass is 79.9. The van der Waals surface area contributed by atoms with E-state index < -0.39 is 11.9 Å². The summed E-state index contributed by atoms with van der Waals surface area (Å²) in [6.07, 6.45) is 4.44. The van der Waals surface area contributed by atoms with Gasteiger partial charge in [0.1, 0.15) is 5.70 Å². The minimum atomic E-state index is -0.688. The summed E-state index contributed by atoms with van der Waals surface area (Å²) >= 11 is 3.33. The van der Waals surface area contributed by atoms with Gasteiger partial charge >= 0.3 is 11.9 Å². The molecule has 1 N–H and O–H groups in total. The second-order valence-corrected chi connectivity index (χ2v) is 5.23. The van der Waals surface area contributed by atoms with Crippen molar-refractivity contribution >= 4 is 33.6 Å². The van der Waals surface area contributed by atoms with Crippen LogP contribution in [-0.4, -0.2) is 35.9 Å². The summed E-state index contributed by atoms with van der Waals surface area (Å²) in [5, 5.41) is 7.08. The van der Waals surface area contributed by atoms with Gasteiger partial charge in [0.25, 0.3) is 0 Å². The summed E-state index contributed by atoms with van der Waals surface area (Å²) in [7, 11) is 2.45. The number of para-hydroxylation sites is 2. The number of nitrogens with zero attached hydrogens (tertiary/aromatic N) is 2. The molecule has 7 nitrogen and oxygen atoms in total. The first-order valence-corrected chi connectivity index (χ1v) is 7.29. The number of ether oxygens (including phenoxy) is 2. The number of esters is 2. The highest BCUT2D eigenvalue weighted by Crippen LogP contribution is 2.22. The van der Waals surface area contributed by atoms with Crippen LogP contribution >= 0.6 is 15.9 Å². The molecule has 0 saturated heterocycles. The second kappa shape index (κ2) is 7.59. The van der Waals surface area contributed by atoms with Gasteiger partial charge in [0.05, 0.1) is 42.3 Å². The third-order valence-electron chi connectivity index (χ3n) is 2.84. The Bertz CT molecular complexity index is 755. The molecule has 0 atom stereocenters. The molecule has 0 aliphatic carbocycles. The van der Waals surface area contributed by atoms with Crippen molar-refractivity contribution in [2.75, 3.05) is 19.5 Å². The molecule has 0 unspecified atom stereocenters. The predicted molar refractivity (Wildman–Crippen MR) is 87.0 cm³/mol. The SMILES string of the molecule is COC(=O)/C=C(/Nc1ccccc1-n1cc(Br)cn1)C(=O)OC. The Balaban J connectivity index is 2.39. The van der Waals surface area contributed by atoms with Crippen molar-refractivity contribution in [2.24, 2.45) is 0 Å². The van der Waals surface area contributed by atoms with E-state index in [1.54, 1.807) is 29.2 Å². The Kier molecular flexibility index (Phi) is 5.53. The zero-order valence-corrected chi connectivity index (χ0v) is 14.0. The minimum Gasteiger partial charge on any atom is -0.466 e. The Morgan fingerprint density at radius 1 is 1.26 bits per heavy atom. The van der Waals surface area contributed by atoms with E-state index in [9.17, 15) is 9.59 Å². The molecule has 2 aromatic rings. The smallest absolute Gasteiger partial charge is 0.354 e. The van der Waals surface area contributed by atoms with Crippen LogP contribution in [0.15, 0.2) is 52.9 Å². The molecule has 0 spiro atoms. The topological polar surface area (TPSA) is 82.5 Å². The van der Waals surface area contributed by atoms with Crippen molar-refractivity contribution in [2.45, 2.75) is 0 Å². The lowest BCUT2D eigenvalue weighted by Crippen LogP contribution is -2.16. The standard InChI is InChI=1S/C15H14BrN3O4/c1-22-14(20)7-12(15(21)23-2)18-11-5-3-4-6-13(11)19-9-10(16)8-17-19/h3-9,18H,1-2H3/b12-7+. The largest absolute Gasteiger partial charge is 0.466 e. The van der Waals surface area contributed by atoms with Crippen LogP contribution < -0.4 is 5.32 Å². The summed E-state index contributed by atoms with van der Waals surface area (Å²) in [6, 6.07) is 7.18. The molecule has 120 valence electrons. The van der Waals surface area contributed by atoms with E-state index in [0.29, 0.717) is 11.4 Å². The molecule has 0 bridgehead atoms. The highest BCUT2D eigenvalue weighted by Gasteiger charge is 2.15. The first kappa shape index (κ1) is 16.8. The summed E-state index contributed by atoms with van der Waals surface area (Å²) in [6.45, 7) is 0. The second-order valence-electron chi connectivity index (χ2n) is 4.32. The van der Waals surface area contributed by atoms with Crippen molar-refractivity contribution < 1.29 is 19.1 Å². The molecule has 0 radical (unpaired) electrons. The van der Waals surface area contributed by atoms with Crippen LogP contribution in [0.3, 0.4) is 0 Å². The first-order chi connectivity index (χ1) is 11.0. The van der Waals surface area contributed by atoms with Crippen LogP contribution in [-0.2, 0) is 19.1 Å². The Morgan fingerprint density at radius 3 is 2.61 bits per heavy atom. The van der Waals surface area contributed by atoms with Crippen LogP contribution in [0, 0.1) is 0 Å². The minimum absolute atomic E-state index is 0.0435. The molecule has 0 aliphatic heterocycles. The van der Waals surface area contributed by atoms with Gasteiger partial charge in [-0.2, -0.15) is 5.10 Å². The monoisotopic (exact) mass is 379 g/mol. The Hall–Kier alpha value is -2.61. The average Bonchev–Trinajstić information content (AvgIpc) is 3.00. The van der Waals surface area contributed by atoms with Gasteiger partial charge in [-0.25, -0.2) is 14.3 Å². The third kappa shape index (κ3) is 4.19. The zero-order chi connectivity index (χ0) is 16.8. The van der Waals surface area contributed by atoms with Crippen LogP contribution in [0.2, 0.25) is 0 Å². The number of hydrogen-bond donors (Lipinski definition) is 1. The van der Waals surface area contributed by atoms with Crippen molar-refractivity contribution in [1.82, 2.24) is 9.78 Å². The lowest BCUT2D eigenvalue weighted by Gasteiger charge is -2.13. The van der Waals surface area contributed by atoms with Crippen LogP contribution in [0.25, 0.3) is 5.69 Å². The zero-order valence-electron chi connectivity index (χ0n) is 12.4. The number of aromatic nitrogens is 2. The molecule has 0 amide bonds. The van der Waals surface area contributed by atoms with Gasteiger partial charge in [0, 0.05) is 6.20 Å². The number of nitrogens with one attached hydrogen (secondary N) is 1. The van der Waals surface area contributed by atoms with Crippen LogP contribution in [0.1, 0.15) is 0 Å². The molecule has 23 heavy (non-hydrogen) atoms. The lowest BCUT2D eigenvalue weighted by atomic mass is 10.2. The number of carbonyl (C=O) groups excluding carboxylic acids is 2. The average molecular weight is 380 g/mol. The van der Waals surface area contributed by atoms with Crippen molar-refractivity contribution in [3.63, 3.8) is 0 Å². The molecule has 1 heterocycles. The third-order valence-corrected chi connectivity index (χ3v) is 3.25. The number of methoxy groups -OCH3 is 2. The number of hydrogen-bond acceptors (Lipinski definition) is 6. The summed E-state index contributed by atoms with van der Waals surface area (Å²) < 4.78 is 11.7. The normalized spacial score (nSPS) is 11.0. The van der Waals surface area contributed by atoms with Gasteiger partial charge in [0.2, 0.25) is 0 Å². The molecule has 8 heteroatoms. The number of rotatable bonds is 5. The summed E-state index contributed by atoms with van der Waals surface area (Å²) in [5.41, 5.74) is 1.22. The van der Waals surface area contributed by atoms with Gasteiger partial charge in [-0.3, -0.25) is 0 Å². The summed E-state index contributed by atoms with van der Waals surface area (Å²) in [4.78, 5) is 23.2. The van der Waals surface area contributed by atoms with Gasteiger partial charge in [-0.15, -0.1) is 0 Å². The van der Waals surface area contributed by atoms with Crippen LogP contribution in [0.5, 0.6) is 0 Å². The molecule has 0 fully saturated rings. The molecular weight excluding hydrogens is 366 g/mol. The molecule has 1 aromatic heterocycles. The predicted octanol–water partition coefficient (Wildman–Crippen LogP) is 2.28. The molecule has 1 aromatic carbocycles. The molecule has 2 rings (SSSR count). The lowest BCUT2D eigenvalue weighted by molar-refractivity contribution is -0.138. The maximum Gasteiger partial charge on any atom is 0.354 e. The number of benzene rings is 1. The van der Waals surface area contributed by atoms with Gasteiger partial charge < -0.3 is 14.8 Å². The van der Waals surface area contributed by atoms with E-state index in [0.717, 1.165) is 10.5 Å². The van der Waals surface area contributed by atoms with E-state index in [2.05, 4.69) is 35.8 Å². The van der Waals surface area contributed by atoms with E-state index in [4.69, 9.17) is 0 Å². The van der Waals surface area contributed by atoms with Crippen LogP contribution in [0.4, 0.5) is 5.69 Å². The first-order valence-electron chi connectivity index (χ1n) is 6.49. The number of carbonyl (C=O) groups is 2. The van der Waals surface area contributed by atoms with E-state index in [1.807, 2.05) is 12.1 Å². The van der Waals surface area contributed by atoms with Crippen molar-refractivity contribution in [3.8, 4) is 5.69 Å². The van der Waals surface area contributed by atoms with E-state index >= 15 is 0 Å². The highest BCUT2D eigenvalue weighted by molar-refractivity contribution is 9.10. The molecule has 0 aliphatic rings.